The highest BCUT2D eigenvalue weighted by molar-refractivity contribution is 5.81. The third-order valence-corrected chi connectivity index (χ3v) is 4.61. The topological polar surface area (TPSA) is 37.3 Å². The average Bonchev–Trinajstić information content (AvgIpc) is 2.97. The Morgan fingerprint density at radius 3 is 2.29 bits per heavy atom. The number of carbonyl (C=O) groups excluding carboxylic acids is 1. The van der Waals surface area contributed by atoms with Crippen LogP contribution < -0.4 is 0 Å². The van der Waals surface area contributed by atoms with Crippen LogP contribution in [0.4, 0.5) is 0 Å². The zero-order valence-electron chi connectivity index (χ0n) is 10.9. The summed E-state index contributed by atoms with van der Waals surface area (Å²) in [6.45, 7) is 0. The Kier molecular flexibility index (Phi) is 5.02. The molecule has 0 heterocycles. The molecule has 0 aliphatic heterocycles. The zero-order chi connectivity index (χ0) is 12.1. The van der Waals surface area contributed by atoms with Gasteiger partial charge in [0.2, 0.25) is 0 Å². The molecule has 2 nitrogen and oxygen atoms in total. The van der Waals surface area contributed by atoms with Gasteiger partial charge in [-0.1, -0.05) is 38.5 Å². The number of hydrogen-bond donors (Lipinski definition) is 1. The molecule has 17 heavy (non-hydrogen) atoms. The molecule has 1 atom stereocenters. The summed E-state index contributed by atoms with van der Waals surface area (Å²) < 4.78 is 0. The molecule has 0 aromatic carbocycles. The van der Waals surface area contributed by atoms with Crippen LogP contribution in [-0.2, 0) is 4.79 Å². The zero-order valence-corrected chi connectivity index (χ0v) is 10.9. The molecule has 0 aromatic rings. The van der Waals surface area contributed by atoms with Gasteiger partial charge in [-0.15, -0.1) is 0 Å². The second kappa shape index (κ2) is 6.53. The SMILES string of the molecule is O=C(CCC(O)CC1CCCC1)C1CCCC1. The number of aliphatic hydroxyl groups excluding tert-OH is 1. The minimum Gasteiger partial charge on any atom is -0.393 e. The molecule has 2 heteroatoms. The van der Waals surface area contributed by atoms with Gasteiger partial charge < -0.3 is 5.11 Å². The van der Waals surface area contributed by atoms with Crippen LogP contribution >= 0.6 is 0 Å². The summed E-state index contributed by atoms with van der Waals surface area (Å²) in [5.41, 5.74) is 0. The standard InChI is InChI=1S/C15H26O2/c16-14(11-12-5-1-2-6-12)9-10-15(17)13-7-3-4-8-13/h12-14,16H,1-11H2. The maximum atomic E-state index is 11.9. The first kappa shape index (κ1) is 13.1. The van der Waals surface area contributed by atoms with Gasteiger partial charge in [0, 0.05) is 12.3 Å². The van der Waals surface area contributed by atoms with E-state index in [1.807, 2.05) is 0 Å². The summed E-state index contributed by atoms with van der Waals surface area (Å²) in [6.07, 6.45) is 11.9. The first-order chi connectivity index (χ1) is 8.25. The molecule has 2 aliphatic carbocycles. The van der Waals surface area contributed by atoms with Gasteiger partial charge in [-0.05, 0) is 31.6 Å². The third-order valence-electron chi connectivity index (χ3n) is 4.61. The smallest absolute Gasteiger partial charge is 0.136 e. The van der Waals surface area contributed by atoms with E-state index < -0.39 is 0 Å². The Balaban J connectivity index is 1.61. The van der Waals surface area contributed by atoms with Gasteiger partial charge in [0.1, 0.15) is 5.78 Å². The molecule has 2 saturated carbocycles. The highest BCUT2D eigenvalue weighted by Gasteiger charge is 2.24. The molecule has 2 aliphatic rings. The van der Waals surface area contributed by atoms with Crippen molar-refractivity contribution in [3.8, 4) is 0 Å². The van der Waals surface area contributed by atoms with E-state index in [4.69, 9.17) is 0 Å². The number of rotatable bonds is 6. The summed E-state index contributed by atoms with van der Waals surface area (Å²) in [4.78, 5) is 11.9. The lowest BCUT2D eigenvalue weighted by molar-refractivity contribution is -0.123. The van der Waals surface area contributed by atoms with Gasteiger partial charge >= 0.3 is 0 Å². The highest BCUT2D eigenvalue weighted by atomic mass is 16.3. The van der Waals surface area contributed by atoms with Gasteiger partial charge in [0.15, 0.2) is 0 Å². The van der Waals surface area contributed by atoms with Crippen molar-refractivity contribution < 1.29 is 9.90 Å². The van der Waals surface area contributed by atoms with Gasteiger partial charge in [-0.2, -0.15) is 0 Å². The van der Waals surface area contributed by atoms with Crippen molar-refractivity contribution in [1.82, 2.24) is 0 Å². The van der Waals surface area contributed by atoms with E-state index in [1.165, 1.54) is 38.5 Å². The van der Waals surface area contributed by atoms with E-state index in [2.05, 4.69) is 0 Å². The predicted molar refractivity (Wildman–Crippen MR) is 68.8 cm³/mol. The summed E-state index contributed by atoms with van der Waals surface area (Å²) in [6, 6.07) is 0. The van der Waals surface area contributed by atoms with Gasteiger partial charge in [0.25, 0.3) is 0 Å². The number of carbonyl (C=O) groups is 1. The van der Waals surface area contributed by atoms with Crippen LogP contribution in [-0.4, -0.2) is 17.0 Å². The molecular weight excluding hydrogens is 212 g/mol. The van der Waals surface area contributed by atoms with E-state index in [1.54, 1.807) is 0 Å². The largest absolute Gasteiger partial charge is 0.393 e. The molecule has 0 saturated heterocycles. The van der Waals surface area contributed by atoms with Crippen molar-refractivity contribution in [2.75, 3.05) is 0 Å². The molecule has 0 spiro atoms. The minimum absolute atomic E-state index is 0.233. The Bertz CT molecular complexity index is 237. The van der Waals surface area contributed by atoms with Gasteiger partial charge in [-0.3, -0.25) is 4.79 Å². The summed E-state index contributed by atoms with van der Waals surface area (Å²) >= 11 is 0. The van der Waals surface area contributed by atoms with Crippen LogP contribution in [0.3, 0.4) is 0 Å². The Hall–Kier alpha value is -0.370. The van der Waals surface area contributed by atoms with Gasteiger partial charge in [0.05, 0.1) is 6.10 Å². The summed E-state index contributed by atoms with van der Waals surface area (Å²) in [5, 5.41) is 9.95. The second-order valence-electron chi connectivity index (χ2n) is 6.03. The predicted octanol–water partition coefficient (Wildman–Crippen LogP) is 3.47. The lowest BCUT2D eigenvalue weighted by atomic mass is 9.93. The second-order valence-corrected chi connectivity index (χ2v) is 6.03. The number of ketones is 1. The monoisotopic (exact) mass is 238 g/mol. The van der Waals surface area contributed by atoms with Crippen LogP contribution in [0.15, 0.2) is 0 Å². The fraction of sp³-hybridized carbons (Fsp3) is 0.933. The van der Waals surface area contributed by atoms with Crippen molar-refractivity contribution in [3.63, 3.8) is 0 Å². The lowest BCUT2D eigenvalue weighted by Gasteiger charge is -2.15. The lowest BCUT2D eigenvalue weighted by Crippen LogP contribution is -2.17. The van der Waals surface area contributed by atoms with Gasteiger partial charge in [-0.25, -0.2) is 0 Å². The van der Waals surface area contributed by atoms with E-state index in [9.17, 15) is 9.90 Å². The number of Topliss-reactive ketones (excluding diaryl/α,β-unsaturated/α-hetero) is 1. The maximum absolute atomic E-state index is 11.9. The van der Waals surface area contributed by atoms with Crippen molar-refractivity contribution in [1.29, 1.82) is 0 Å². The molecule has 0 aromatic heterocycles. The van der Waals surface area contributed by atoms with Crippen molar-refractivity contribution in [3.05, 3.63) is 0 Å². The number of hydrogen-bond acceptors (Lipinski definition) is 2. The Labute approximate surface area is 105 Å². The molecular formula is C15H26O2. The Morgan fingerprint density at radius 2 is 1.65 bits per heavy atom. The molecule has 2 rings (SSSR count). The third kappa shape index (κ3) is 4.09. The first-order valence-electron chi connectivity index (χ1n) is 7.46. The quantitative estimate of drug-likeness (QED) is 0.769. The van der Waals surface area contributed by atoms with Crippen LogP contribution in [0.5, 0.6) is 0 Å². The van der Waals surface area contributed by atoms with Crippen molar-refractivity contribution >= 4 is 5.78 Å². The van der Waals surface area contributed by atoms with E-state index in [-0.39, 0.29) is 6.10 Å². The Morgan fingerprint density at radius 1 is 1.06 bits per heavy atom. The van der Waals surface area contributed by atoms with E-state index >= 15 is 0 Å². The van der Waals surface area contributed by atoms with Crippen LogP contribution in [0.25, 0.3) is 0 Å². The minimum atomic E-state index is -0.233. The molecule has 0 amide bonds. The van der Waals surface area contributed by atoms with E-state index in [0.717, 1.165) is 25.2 Å². The first-order valence-corrected chi connectivity index (χ1v) is 7.46. The molecule has 0 radical (unpaired) electrons. The van der Waals surface area contributed by atoms with Crippen LogP contribution in [0.2, 0.25) is 0 Å². The molecule has 1 N–H and O–H groups in total. The molecule has 1 unspecified atom stereocenters. The van der Waals surface area contributed by atoms with Crippen LogP contribution in [0.1, 0.15) is 70.6 Å². The molecule has 2 fully saturated rings. The summed E-state index contributed by atoms with van der Waals surface area (Å²) in [5.74, 6) is 1.47. The molecule has 98 valence electrons. The fourth-order valence-corrected chi connectivity index (χ4v) is 3.51. The highest BCUT2D eigenvalue weighted by Crippen LogP contribution is 2.30. The average molecular weight is 238 g/mol. The molecule has 0 bridgehead atoms. The maximum Gasteiger partial charge on any atom is 0.136 e. The fourth-order valence-electron chi connectivity index (χ4n) is 3.51. The normalized spacial score (nSPS) is 24.3. The van der Waals surface area contributed by atoms with Crippen molar-refractivity contribution in [2.24, 2.45) is 11.8 Å². The van der Waals surface area contributed by atoms with Crippen LogP contribution in [0, 0.1) is 11.8 Å². The number of aliphatic hydroxyl groups is 1. The van der Waals surface area contributed by atoms with Crippen molar-refractivity contribution in [2.45, 2.75) is 76.7 Å². The van der Waals surface area contributed by atoms with E-state index in [0.29, 0.717) is 24.5 Å². The summed E-state index contributed by atoms with van der Waals surface area (Å²) in [7, 11) is 0.